The van der Waals surface area contributed by atoms with E-state index in [1.165, 1.54) is 55.5 Å². The number of anilines is 5. The Balaban J connectivity index is 0.00000213. The molecule has 4 nitrogen and oxygen atoms in total. The van der Waals surface area contributed by atoms with Crippen LogP contribution in [0.4, 0.5) is 28.4 Å². The Bertz CT molecular complexity index is 2970. The molecule has 8 aromatic carbocycles. The monoisotopic (exact) mass is 775 g/mol. The topological polar surface area (TPSA) is 20.6 Å². The molecule has 290 valence electrons. The average Bonchev–Trinajstić information content (AvgIpc) is 3.66. The summed E-state index contributed by atoms with van der Waals surface area (Å²) in [6.45, 7) is 4.00. The predicted octanol–water partition coefficient (Wildman–Crippen LogP) is 16.0. The van der Waals surface area contributed by atoms with E-state index in [-0.39, 0.29) is 0 Å². The third-order valence-electron chi connectivity index (χ3n) is 11.5. The number of hydrogen-bond acceptors (Lipinski definition) is 3. The molecule has 0 spiro atoms. The fourth-order valence-electron chi connectivity index (χ4n) is 8.73. The Labute approximate surface area is 352 Å². The fraction of sp³-hybridized carbons (Fsp3) is 0.0714. The minimum Gasteiger partial charge on any atom is -0.453 e. The Morgan fingerprint density at radius 1 is 0.433 bits per heavy atom. The van der Waals surface area contributed by atoms with Gasteiger partial charge in [0.15, 0.2) is 11.5 Å². The molecule has 0 saturated carbocycles. The Kier molecular flexibility index (Phi) is 9.80. The molecule has 4 heteroatoms. The molecule has 0 unspecified atom stereocenters. The Morgan fingerprint density at radius 2 is 1.00 bits per heavy atom. The number of aromatic nitrogens is 1. The first-order chi connectivity index (χ1) is 29.8. The van der Waals surface area contributed by atoms with Gasteiger partial charge >= 0.3 is 0 Å². The van der Waals surface area contributed by atoms with Crippen molar-refractivity contribution in [1.82, 2.24) is 4.57 Å². The normalized spacial score (nSPS) is 13.0. The van der Waals surface area contributed by atoms with Crippen LogP contribution >= 0.6 is 0 Å². The quantitative estimate of drug-likeness (QED) is 0.161. The standard InChI is InChI=1S/C54H39N3O.C2H6/c1-3-13-38(14-4-1)39-23-28-43(29-24-39)55(45-32-34-46(35-33-45)57-51-19-9-11-21-53(51)58-54-22-12-10-20-52(54)57)44-30-25-40(26-31-44)41-27-36-50-48(37-41)47-17-7-8-18-49(47)56(50)42-15-5-2-6-16-42;1-2/h1-23,25-28,30-37H,24,29H2;1-2H3. The summed E-state index contributed by atoms with van der Waals surface area (Å²) in [5.74, 6) is 1.70. The van der Waals surface area contributed by atoms with Crippen LogP contribution in [0.2, 0.25) is 0 Å². The molecule has 0 N–H and O–H groups in total. The van der Waals surface area contributed by atoms with Gasteiger partial charge in [-0.15, -0.1) is 0 Å². The van der Waals surface area contributed by atoms with Gasteiger partial charge < -0.3 is 19.1 Å². The third-order valence-corrected chi connectivity index (χ3v) is 11.5. The summed E-state index contributed by atoms with van der Waals surface area (Å²) >= 11 is 0. The van der Waals surface area contributed by atoms with Crippen molar-refractivity contribution < 1.29 is 4.74 Å². The van der Waals surface area contributed by atoms with Crippen LogP contribution in [0.5, 0.6) is 11.5 Å². The smallest absolute Gasteiger partial charge is 0.151 e. The van der Waals surface area contributed by atoms with Crippen LogP contribution in [0, 0.1) is 0 Å². The van der Waals surface area contributed by atoms with Crippen molar-refractivity contribution in [2.45, 2.75) is 26.7 Å². The van der Waals surface area contributed by atoms with Crippen molar-refractivity contribution in [3.05, 3.63) is 224 Å². The lowest BCUT2D eigenvalue weighted by atomic mass is 9.95. The molecule has 2 aliphatic rings. The summed E-state index contributed by atoms with van der Waals surface area (Å²) in [5, 5.41) is 2.51. The molecular formula is C56H45N3O. The van der Waals surface area contributed by atoms with Crippen LogP contribution in [-0.2, 0) is 0 Å². The molecule has 1 aromatic heterocycles. The number of nitrogens with zero attached hydrogens (tertiary/aromatic N) is 3. The number of ether oxygens (including phenoxy) is 1. The molecule has 0 saturated heterocycles. The Hall–Kier alpha value is -7.56. The number of hydrogen-bond donors (Lipinski definition) is 0. The van der Waals surface area contributed by atoms with Crippen LogP contribution in [0.15, 0.2) is 218 Å². The van der Waals surface area contributed by atoms with E-state index in [1.54, 1.807) is 0 Å². The first-order valence-electron chi connectivity index (χ1n) is 21.0. The number of rotatable bonds is 7. The number of benzene rings is 8. The highest BCUT2D eigenvalue weighted by Gasteiger charge is 2.26. The van der Waals surface area contributed by atoms with Crippen molar-refractivity contribution in [1.29, 1.82) is 0 Å². The minimum atomic E-state index is 0.849. The molecule has 0 bridgehead atoms. The maximum atomic E-state index is 6.31. The lowest BCUT2D eigenvalue weighted by Gasteiger charge is -2.33. The zero-order chi connectivity index (χ0) is 40.4. The first-order valence-corrected chi connectivity index (χ1v) is 21.0. The molecule has 0 atom stereocenters. The second-order valence-electron chi connectivity index (χ2n) is 14.9. The lowest BCUT2D eigenvalue weighted by molar-refractivity contribution is 0.477. The number of fused-ring (bicyclic) bond motifs is 5. The van der Waals surface area contributed by atoms with Crippen molar-refractivity contribution in [2.75, 3.05) is 9.80 Å². The van der Waals surface area contributed by atoms with Gasteiger partial charge in [0.2, 0.25) is 0 Å². The van der Waals surface area contributed by atoms with Crippen LogP contribution in [0.1, 0.15) is 32.3 Å². The molecule has 1 aliphatic carbocycles. The molecule has 0 fully saturated rings. The zero-order valence-electron chi connectivity index (χ0n) is 33.9. The van der Waals surface area contributed by atoms with Gasteiger partial charge in [-0.1, -0.05) is 129 Å². The number of para-hydroxylation sites is 6. The van der Waals surface area contributed by atoms with Crippen LogP contribution in [0.3, 0.4) is 0 Å². The Morgan fingerprint density at radius 3 is 1.67 bits per heavy atom. The van der Waals surface area contributed by atoms with E-state index in [4.69, 9.17) is 4.74 Å². The SMILES string of the molecule is C1=C(c2ccccc2)CCC(N(c2ccc(-c3ccc4c(c3)c3ccccc3n4-c3ccccc3)cc2)c2ccc(N3c4ccccc4Oc4ccccc43)cc2)=C1.CC. The average molecular weight is 776 g/mol. The minimum absolute atomic E-state index is 0.849. The van der Waals surface area contributed by atoms with Crippen LogP contribution < -0.4 is 14.5 Å². The van der Waals surface area contributed by atoms with Gasteiger partial charge in [0.05, 0.1) is 22.4 Å². The summed E-state index contributed by atoms with van der Waals surface area (Å²) in [5.41, 5.74) is 15.3. The van der Waals surface area contributed by atoms with Gasteiger partial charge in [0, 0.05) is 39.2 Å². The van der Waals surface area contributed by atoms with E-state index in [0.717, 1.165) is 52.8 Å². The largest absolute Gasteiger partial charge is 0.453 e. The lowest BCUT2D eigenvalue weighted by Crippen LogP contribution is -2.18. The van der Waals surface area contributed by atoms with E-state index in [1.807, 2.05) is 38.1 Å². The summed E-state index contributed by atoms with van der Waals surface area (Å²) in [6.07, 6.45) is 6.50. The molecule has 0 radical (unpaired) electrons. The third kappa shape index (κ3) is 6.62. The van der Waals surface area contributed by atoms with Crippen molar-refractivity contribution >= 4 is 55.8 Å². The van der Waals surface area contributed by atoms with Crippen molar-refractivity contribution in [3.8, 4) is 28.3 Å². The van der Waals surface area contributed by atoms with E-state index < -0.39 is 0 Å². The van der Waals surface area contributed by atoms with E-state index in [0.29, 0.717) is 0 Å². The molecule has 0 amide bonds. The molecule has 9 aromatic rings. The van der Waals surface area contributed by atoms with E-state index >= 15 is 0 Å². The maximum Gasteiger partial charge on any atom is 0.151 e. The molecule has 60 heavy (non-hydrogen) atoms. The number of allylic oxidation sites excluding steroid dienone is 4. The van der Waals surface area contributed by atoms with Gasteiger partial charge in [0.25, 0.3) is 0 Å². The van der Waals surface area contributed by atoms with E-state index in [2.05, 4.69) is 202 Å². The summed E-state index contributed by atoms with van der Waals surface area (Å²) in [4.78, 5) is 4.71. The second-order valence-corrected chi connectivity index (χ2v) is 14.9. The van der Waals surface area contributed by atoms with Gasteiger partial charge in [0.1, 0.15) is 0 Å². The van der Waals surface area contributed by atoms with Crippen LogP contribution in [-0.4, -0.2) is 4.57 Å². The zero-order valence-corrected chi connectivity index (χ0v) is 33.9. The van der Waals surface area contributed by atoms with Gasteiger partial charge in [-0.3, -0.25) is 0 Å². The molecule has 1 aliphatic heterocycles. The highest BCUT2D eigenvalue weighted by Crippen LogP contribution is 2.50. The molecule has 11 rings (SSSR count). The van der Waals surface area contributed by atoms with Crippen LogP contribution in [0.25, 0.3) is 44.2 Å². The molecular weight excluding hydrogens is 731 g/mol. The van der Waals surface area contributed by atoms with Gasteiger partial charge in [-0.25, -0.2) is 0 Å². The fourth-order valence-corrected chi connectivity index (χ4v) is 8.73. The van der Waals surface area contributed by atoms with Crippen molar-refractivity contribution in [3.63, 3.8) is 0 Å². The summed E-state index contributed by atoms with van der Waals surface area (Å²) in [7, 11) is 0. The highest BCUT2D eigenvalue weighted by molar-refractivity contribution is 6.10. The highest BCUT2D eigenvalue weighted by atomic mass is 16.5. The molecule has 2 heterocycles. The first kappa shape index (κ1) is 36.8. The van der Waals surface area contributed by atoms with Gasteiger partial charge in [-0.2, -0.15) is 0 Å². The summed E-state index contributed by atoms with van der Waals surface area (Å²) < 4.78 is 8.67. The van der Waals surface area contributed by atoms with Gasteiger partial charge in [-0.05, 0) is 132 Å². The van der Waals surface area contributed by atoms with Crippen molar-refractivity contribution in [2.24, 2.45) is 0 Å². The predicted molar refractivity (Wildman–Crippen MR) is 253 cm³/mol. The maximum absolute atomic E-state index is 6.31. The summed E-state index contributed by atoms with van der Waals surface area (Å²) in [6, 6.07) is 71.5. The van der Waals surface area contributed by atoms with E-state index in [9.17, 15) is 0 Å². The second kappa shape index (κ2) is 16.0.